The molecular weight excluding hydrogens is 373 g/mol. The predicted octanol–water partition coefficient (Wildman–Crippen LogP) is 5.04. The summed E-state index contributed by atoms with van der Waals surface area (Å²) in [5.74, 6) is 1.87. The van der Waals surface area contributed by atoms with Crippen molar-refractivity contribution in [3.8, 4) is 11.5 Å². The van der Waals surface area contributed by atoms with Crippen molar-refractivity contribution in [1.29, 1.82) is 0 Å². The second-order valence-corrected chi connectivity index (χ2v) is 7.63. The highest BCUT2D eigenvalue weighted by molar-refractivity contribution is 8.00. The molecule has 3 aromatic rings. The van der Waals surface area contributed by atoms with Crippen LogP contribution in [0.1, 0.15) is 11.1 Å². The van der Waals surface area contributed by atoms with Gasteiger partial charge in [-0.15, -0.1) is 10.2 Å². The lowest BCUT2D eigenvalue weighted by Crippen LogP contribution is -1.95. The van der Waals surface area contributed by atoms with E-state index in [1.165, 1.54) is 23.5 Å². The number of anilines is 2. The number of nitrogens with one attached hydrogen (secondary N) is 1. The number of hydrogen-bond acceptors (Lipinski definition) is 7. The standard InChI is InChI=1S/C18H18FN3O2S2/c1-11-7-15(23-2)16(24-3)8-12(11)10-25-18-22-21-17(26-18)20-14-6-4-5-13(19)9-14/h4-9H,10H2,1-3H3,(H,20,21). The molecule has 0 unspecified atom stereocenters. The first kappa shape index (κ1) is 18.5. The van der Waals surface area contributed by atoms with Crippen LogP contribution < -0.4 is 14.8 Å². The molecule has 0 fully saturated rings. The summed E-state index contributed by atoms with van der Waals surface area (Å²) in [6.07, 6.45) is 0. The van der Waals surface area contributed by atoms with Gasteiger partial charge in [-0.1, -0.05) is 29.2 Å². The lowest BCUT2D eigenvalue weighted by molar-refractivity contribution is 0.354. The third-order valence-electron chi connectivity index (χ3n) is 3.68. The molecule has 5 nitrogen and oxygen atoms in total. The van der Waals surface area contributed by atoms with Crippen molar-refractivity contribution in [2.45, 2.75) is 17.0 Å². The molecule has 2 aromatic carbocycles. The fourth-order valence-corrected chi connectivity index (χ4v) is 4.16. The van der Waals surface area contributed by atoms with Crippen molar-refractivity contribution in [2.75, 3.05) is 19.5 Å². The van der Waals surface area contributed by atoms with Crippen LogP contribution in [0.4, 0.5) is 15.2 Å². The van der Waals surface area contributed by atoms with Gasteiger partial charge in [-0.25, -0.2) is 4.39 Å². The van der Waals surface area contributed by atoms with E-state index in [2.05, 4.69) is 15.5 Å². The van der Waals surface area contributed by atoms with Gasteiger partial charge in [0.25, 0.3) is 0 Å². The van der Waals surface area contributed by atoms with Crippen molar-refractivity contribution in [3.63, 3.8) is 0 Å². The van der Waals surface area contributed by atoms with E-state index in [4.69, 9.17) is 9.47 Å². The first-order valence-electron chi connectivity index (χ1n) is 7.79. The van der Waals surface area contributed by atoms with Crippen LogP contribution in [-0.2, 0) is 5.75 Å². The largest absolute Gasteiger partial charge is 0.493 e. The summed E-state index contributed by atoms with van der Waals surface area (Å²) in [6, 6.07) is 10.2. The van der Waals surface area contributed by atoms with Crippen LogP contribution in [-0.4, -0.2) is 24.4 Å². The van der Waals surface area contributed by atoms with Gasteiger partial charge in [0.1, 0.15) is 5.82 Å². The second kappa shape index (κ2) is 8.37. The summed E-state index contributed by atoms with van der Waals surface area (Å²) in [6.45, 7) is 2.04. The molecule has 0 saturated heterocycles. The van der Waals surface area contributed by atoms with Gasteiger partial charge in [0, 0.05) is 11.4 Å². The van der Waals surface area contributed by atoms with Gasteiger partial charge in [-0.2, -0.15) is 0 Å². The van der Waals surface area contributed by atoms with Crippen molar-refractivity contribution in [2.24, 2.45) is 0 Å². The number of benzene rings is 2. The lowest BCUT2D eigenvalue weighted by Gasteiger charge is -2.12. The zero-order valence-electron chi connectivity index (χ0n) is 14.6. The fourth-order valence-electron chi connectivity index (χ4n) is 2.33. The lowest BCUT2D eigenvalue weighted by atomic mass is 10.1. The van der Waals surface area contributed by atoms with E-state index >= 15 is 0 Å². The van der Waals surface area contributed by atoms with E-state index in [1.807, 2.05) is 19.1 Å². The molecule has 0 aliphatic rings. The number of rotatable bonds is 7. The number of thioether (sulfide) groups is 1. The Morgan fingerprint density at radius 3 is 2.62 bits per heavy atom. The highest BCUT2D eigenvalue weighted by Gasteiger charge is 2.11. The Balaban J connectivity index is 1.66. The average Bonchev–Trinajstić information content (AvgIpc) is 3.07. The maximum atomic E-state index is 13.2. The number of methoxy groups -OCH3 is 2. The van der Waals surface area contributed by atoms with Crippen molar-refractivity contribution in [1.82, 2.24) is 10.2 Å². The summed E-state index contributed by atoms with van der Waals surface area (Å²) in [4.78, 5) is 0. The number of hydrogen-bond donors (Lipinski definition) is 1. The van der Waals surface area contributed by atoms with Crippen molar-refractivity contribution >= 4 is 33.9 Å². The molecule has 0 aliphatic heterocycles. The number of halogens is 1. The van der Waals surface area contributed by atoms with Gasteiger partial charge < -0.3 is 14.8 Å². The molecule has 0 spiro atoms. The van der Waals surface area contributed by atoms with Gasteiger partial charge in [-0.3, -0.25) is 0 Å². The predicted molar refractivity (Wildman–Crippen MR) is 103 cm³/mol. The minimum Gasteiger partial charge on any atom is -0.493 e. The Morgan fingerprint density at radius 2 is 1.88 bits per heavy atom. The van der Waals surface area contributed by atoms with E-state index in [-0.39, 0.29) is 5.82 Å². The number of nitrogens with zero attached hydrogens (tertiary/aromatic N) is 2. The van der Waals surface area contributed by atoms with Crippen molar-refractivity contribution in [3.05, 3.63) is 53.3 Å². The van der Waals surface area contributed by atoms with Crippen LogP contribution in [0.5, 0.6) is 11.5 Å². The van der Waals surface area contributed by atoms with E-state index in [0.717, 1.165) is 27.0 Å². The molecule has 1 N–H and O–H groups in total. The zero-order chi connectivity index (χ0) is 18.5. The summed E-state index contributed by atoms with van der Waals surface area (Å²) in [5.41, 5.74) is 2.91. The van der Waals surface area contributed by atoms with Crippen molar-refractivity contribution < 1.29 is 13.9 Å². The fraction of sp³-hybridized carbons (Fsp3) is 0.222. The first-order chi connectivity index (χ1) is 12.6. The van der Waals surface area contributed by atoms with Crippen LogP contribution in [0.3, 0.4) is 0 Å². The molecule has 0 saturated carbocycles. The second-order valence-electron chi connectivity index (χ2n) is 5.43. The Labute approximate surface area is 159 Å². The van der Waals surface area contributed by atoms with Crippen LogP contribution in [0, 0.1) is 12.7 Å². The summed E-state index contributed by atoms with van der Waals surface area (Å²) in [7, 11) is 3.25. The van der Waals surface area contributed by atoms with Gasteiger partial charge >= 0.3 is 0 Å². The molecule has 0 radical (unpaired) electrons. The summed E-state index contributed by atoms with van der Waals surface area (Å²) >= 11 is 3.02. The highest BCUT2D eigenvalue weighted by atomic mass is 32.2. The average molecular weight is 391 g/mol. The number of aryl methyl sites for hydroxylation is 1. The van der Waals surface area contributed by atoms with E-state index < -0.39 is 0 Å². The molecule has 0 aliphatic carbocycles. The van der Waals surface area contributed by atoms with E-state index in [1.54, 1.807) is 38.1 Å². The molecule has 8 heteroatoms. The molecule has 1 aromatic heterocycles. The first-order valence-corrected chi connectivity index (χ1v) is 9.59. The zero-order valence-corrected chi connectivity index (χ0v) is 16.2. The SMILES string of the molecule is COc1cc(C)c(CSc2nnc(Nc3cccc(F)c3)s2)cc1OC. The Morgan fingerprint density at radius 1 is 1.12 bits per heavy atom. The molecule has 0 atom stereocenters. The van der Waals surface area contributed by atoms with Gasteiger partial charge in [0.2, 0.25) is 5.13 Å². The smallest absolute Gasteiger partial charge is 0.210 e. The third kappa shape index (κ3) is 4.44. The monoisotopic (exact) mass is 391 g/mol. The Bertz CT molecular complexity index is 902. The van der Waals surface area contributed by atoms with E-state index in [9.17, 15) is 4.39 Å². The number of aromatic nitrogens is 2. The number of ether oxygens (including phenoxy) is 2. The van der Waals surface area contributed by atoms with E-state index in [0.29, 0.717) is 16.6 Å². The normalized spacial score (nSPS) is 10.6. The molecule has 0 bridgehead atoms. The molecule has 0 amide bonds. The highest BCUT2D eigenvalue weighted by Crippen LogP contribution is 2.35. The quantitative estimate of drug-likeness (QED) is 0.570. The van der Waals surface area contributed by atoms with Crippen LogP contribution in [0.2, 0.25) is 0 Å². The topological polar surface area (TPSA) is 56.3 Å². The molecule has 136 valence electrons. The Kier molecular flexibility index (Phi) is 5.95. The van der Waals surface area contributed by atoms with Gasteiger partial charge in [0.05, 0.1) is 14.2 Å². The molecule has 26 heavy (non-hydrogen) atoms. The molecule has 1 heterocycles. The Hall–Kier alpha value is -2.32. The minimum absolute atomic E-state index is 0.293. The van der Waals surface area contributed by atoms with Gasteiger partial charge in [-0.05, 0) is 48.4 Å². The molecule has 3 rings (SSSR count). The maximum absolute atomic E-state index is 13.2. The van der Waals surface area contributed by atoms with Crippen LogP contribution in [0.25, 0.3) is 0 Å². The molecular formula is C18H18FN3O2S2. The summed E-state index contributed by atoms with van der Waals surface area (Å²) in [5, 5.41) is 12.0. The third-order valence-corrected chi connectivity index (χ3v) is 5.70. The van der Waals surface area contributed by atoms with Gasteiger partial charge in [0.15, 0.2) is 15.8 Å². The van der Waals surface area contributed by atoms with Crippen LogP contribution in [0.15, 0.2) is 40.7 Å². The minimum atomic E-state index is -0.293. The van der Waals surface area contributed by atoms with Crippen LogP contribution >= 0.6 is 23.1 Å². The maximum Gasteiger partial charge on any atom is 0.210 e. The summed E-state index contributed by atoms with van der Waals surface area (Å²) < 4.78 is 24.8.